The summed E-state index contributed by atoms with van der Waals surface area (Å²) in [5.74, 6) is 1.01. The molecule has 1 aliphatic carbocycles. The van der Waals surface area contributed by atoms with E-state index in [1.807, 2.05) is 29.3 Å². The highest BCUT2D eigenvalue weighted by Crippen LogP contribution is 2.32. The van der Waals surface area contributed by atoms with Crippen LogP contribution in [-0.2, 0) is 6.42 Å². The van der Waals surface area contributed by atoms with Crippen molar-refractivity contribution in [3.8, 4) is 22.8 Å². The van der Waals surface area contributed by atoms with Crippen LogP contribution in [0.2, 0.25) is 0 Å². The fraction of sp³-hybridized carbons (Fsp3) is 0.296. The van der Waals surface area contributed by atoms with E-state index in [-0.39, 0.29) is 22.9 Å². The molecule has 0 unspecified atom stereocenters. The van der Waals surface area contributed by atoms with Gasteiger partial charge >= 0.3 is 0 Å². The molecule has 1 amide bonds. The minimum atomic E-state index is -0.484. The van der Waals surface area contributed by atoms with E-state index < -0.39 is 5.82 Å². The van der Waals surface area contributed by atoms with Gasteiger partial charge in [-0.15, -0.1) is 0 Å². The molecule has 7 nitrogen and oxygen atoms in total. The van der Waals surface area contributed by atoms with Crippen LogP contribution in [0.4, 0.5) is 4.39 Å². The molecule has 4 aromatic rings. The smallest absolute Gasteiger partial charge is 0.274 e. The van der Waals surface area contributed by atoms with E-state index in [2.05, 4.69) is 15.0 Å². The van der Waals surface area contributed by atoms with Gasteiger partial charge in [-0.05, 0) is 55.0 Å². The Labute approximate surface area is 202 Å². The van der Waals surface area contributed by atoms with Crippen molar-refractivity contribution < 1.29 is 18.7 Å². The number of fused-ring (bicyclic) bond motifs is 1. The number of nitrogens with one attached hydrogen (secondary N) is 1. The molecule has 2 aromatic heterocycles. The number of hydrogen-bond donors (Lipinski definition) is 1. The normalized spacial score (nSPS) is 13.1. The number of ether oxygens (including phenoxy) is 2. The molecule has 2 aromatic carbocycles. The molecular formula is C27H27FN4O3. The first-order chi connectivity index (χ1) is 17.1. The molecule has 1 saturated carbocycles. The summed E-state index contributed by atoms with van der Waals surface area (Å²) in [6.45, 7) is 1.15. The second-order valence-corrected chi connectivity index (χ2v) is 8.74. The Morgan fingerprint density at radius 3 is 2.74 bits per heavy atom. The van der Waals surface area contributed by atoms with Crippen molar-refractivity contribution in [2.75, 3.05) is 27.3 Å². The van der Waals surface area contributed by atoms with E-state index in [4.69, 9.17) is 9.47 Å². The van der Waals surface area contributed by atoms with Crippen molar-refractivity contribution in [2.45, 2.75) is 19.3 Å². The van der Waals surface area contributed by atoms with Crippen molar-refractivity contribution >= 4 is 16.8 Å². The Morgan fingerprint density at radius 1 is 1.14 bits per heavy atom. The zero-order valence-electron chi connectivity index (χ0n) is 19.8. The largest absolute Gasteiger partial charge is 0.497 e. The molecule has 2 heterocycles. The fourth-order valence-corrected chi connectivity index (χ4v) is 4.36. The summed E-state index contributed by atoms with van der Waals surface area (Å²) in [7, 11) is 3.16. The topological polar surface area (TPSA) is 80.3 Å². The van der Waals surface area contributed by atoms with Crippen LogP contribution in [-0.4, -0.2) is 53.1 Å². The molecule has 0 aliphatic heterocycles. The maximum atomic E-state index is 14.7. The Hall–Kier alpha value is -3.94. The molecular weight excluding hydrogens is 447 g/mol. The summed E-state index contributed by atoms with van der Waals surface area (Å²) in [6.07, 6.45) is 7.77. The van der Waals surface area contributed by atoms with Crippen LogP contribution in [0.5, 0.6) is 11.5 Å². The zero-order chi connectivity index (χ0) is 24.4. The molecule has 0 saturated heterocycles. The molecule has 180 valence electrons. The summed E-state index contributed by atoms with van der Waals surface area (Å²) in [5.41, 5.74) is 2.59. The van der Waals surface area contributed by atoms with Crippen LogP contribution in [0.1, 0.15) is 28.9 Å². The molecule has 35 heavy (non-hydrogen) atoms. The quantitative estimate of drug-likeness (QED) is 0.374. The van der Waals surface area contributed by atoms with E-state index >= 15 is 0 Å². The standard InChI is InChI=1S/C27H27FN4O3/c1-34-19-8-9-22(28)21(14-19)25-26(30-12-11-29-25)27(33)32(16-17-6-7-17)13-10-18-15-31-24-20(18)4-3-5-23(24)35-2/h3-5,8-9,11-12,14-15,17,31H,6-7,10,13,16H2,1-2H3. The van der Waals surface area contributed by atoms with Gasteiger partial charge in [0.1, 0.15) is 23.0 Å². The lowest BCUT2D eigenvalue weighted by Crippen LogP contribution is -2.35. The monoisotopic (exact) mass is 474 g/mol. The van der Waals surface area contributed by atoms with Crippen molar-refractivity contribution in [3.05, 3.63) is 72.1 Å². The first kappa shape index (κ1) is 22.8. The van der Waals surface area contributed by atoms with Gasteiger partial charge in [-0.1, -0.05) is 12.1 Å². The third kappa shape index (κ3) is 4.69. The highest BCUT2D eigenvalue weighted by molar-refractivity contribution is 5.98. The predicted molar refractivity (Wildman–Crippen MR) is 131 cm³/mol. The lowest BCUT2D eigenvalue weighted by Gasteiger charge is -2.23. The summed E-state index contributed by atoms with van der Waals surface area (Å²) in [4.78, 5) is 27.5. The molecule has 8 heteroatoms. The molecule has 1 fully saturated rings. The molecule has 0 spiro atoms. The summed E-state index contributed by atoms with van der Waals surface area (Å²) < 4.78 is 25.4. The second kappa shape index (κ2) is 9.74. The number of aromatic nitrogens is 3. The Balaban J connectivity index is 1.44. The highest BCUT2D eigenvalue weighted by Gasteiger charge is 2.30. The zero-order valence-corrected chi connectivity index (χ0v) is 19.8. The van der Waals surface area contributed by atoms with Crippen LogP contribution < -0.4 is 9.47 Å². The van der Waals surface area contributed by atoms with Crippen molar-refractivity contribution in [3.63, 3.8) is 0 Å². The van der Waals surface area contributed by atoms with Gasteiger partial charge in [-0.3, -0.25) is 9.78 Å². The van der Waals surface area contributed by atoms with Gasteiger partial charge in [0.15, 0.2) is 5.69 Å². The SMILES string of the molecule is COc1ccc(F)c(-c2nccnc2C(=O)N(CCc2c[nH]c3c(OC)cccc23)CC2CC2)c1. The van der Waals surface area contributed by atoms with E-state index in [0.717, 1.165) is 35.1 Å². The molecule has 5 rings (SSSR count). The van der Waals surface area contributed by atoms with Crippen molar-refractivity contribution in [1.82, 2.24) is 19.9 Å². The molecule has 0 bridgehead atoms. The Morgan fingerprint density at radius 2 is 1.97 bits per heavy atom. The van der Waals surface area contributed by atoms with Crippen LogP contribution >= 0.6 is 0 Å². The maximum Gasteiger partial charge on any atom is 0.274 e. The summed E-state index contributed by atoms with van der Waals surface area (Å²) in [5, 5.41) is 1.07. The number of para-hydroxylation sites is 1. The average Bonchev–Trinajstić information content (AvgIpc) is 3.62. The van der Waals surface area contributed by atoms with Crippen LogP contribution in [0, 0.1) is 11.7 Å². The van der Waals surface area contributed by atoms with Crippen LogP contribution in [0.25, 0.3) is 22.2 Å². The number of hydrogen-bond acceptors (Lipinski definition) is 5. The van der Waals surface area contributed by atoms with Gasteiger partial charge in [0.25, 0.3) is 5.91 Å². The first-order valence-corrected chi connectivity index (χ1v) is 11.7. The minimum Gasteiger partial charge on any atom is -0.497 e. The number of nitrogens with zero attached hydrogens (tertiary/aromatic N) is 3. The number of aromatic amines is 1. The van der Waals surface area contributed by atoms with Crippen LogP contribution in [0.15, 0.2) is 55.0 Å². The Kier molecular flexibility index (Phi) is 6.35. The van der Waals surface area contributed by atoms with Crippen molar-refractivity contribution in [2.24, 2.45) is 5.92 Å². The number of benzene rings is 2. The third-order valence-corrected chi connectivity index (χ3v) is 6.43. The summed E-state index contributed by atoms with van der Waals surface area (Å²) in [6, 6.07) is 10.3. The van der Waals surface area contributed by atoms with Gasteiger partial charge in [0, 0.05) is 42.6 Å². The van der Waals surface area contributed by atoms with E-state index in [0.29, 0.717) is 31.2 Å². The number of carbonyl (C=O) groups is 1. The van der Waals surface area contributed by atoms with Gasteiger partial charge < -0.3 is 19.4 Å². The molecule has 0 radical (unpaired) electrons. The van der Waals surface area contributed by atoms with Gasteiger partial charge in [-0.25, -0.2) is 9.37 Å². The number of amides is 1. The number of rotatable bonds is 9. The van der Waals surface area contributed by atoms with Crippen molar-refractivity contribution in [1.29, 1.82) is 0 Å². The Bertz CT molecular complexity index is 1370. The predicted octanol–water partition coefficient (Wildman–Crippen LogP) is 4.88. The number of methoxy groups -OCH3 is 2. The van der Waals surface area contributed by atoms with Gasteiger partial charge in [0.2, 0.25) is 0 Å². The third-order valence-electron chi connectivity index (χ3n) is 6.43. The molecule has 0 atom stereocenters. The number of H-pyrrole nitrogens is 1. The lowest BCUT2D eigenvalue weighted by atomic mass is 10.1. The van der Waals surface area contributed by atoms with Gasteiger partial charge in [0.05, 0.1) is 19.7 Å². The second-order valence-electron chi connectivity index (χ2n) is 8.74. The maximum absolute atomic E-state index is 14.7. The average molecular weight is 475 g/mol. The first-order valence-electron chi connectivity index (χ1n) is 11.7. The number of carbonyl (C=O) groups excluding carboxylic acids is 1. The molecule has 1 aliphatic rings. The van der Waals surface area contributed by atoms with Gasteiger partial charge in [-0.2, -0.15) is 0 Å². The van der Waals surface area contributed by atoms with Crippen LogP contribution in [0.3, 0.4) is 0 Å². The van der Waals surface area contributed by atoms with E-state index in [9.17, 15) is 9.18 Å². The highest BCUT2D eigenvalue weighted by atomic mass is 19.1. The lowest BCUT2D eigenvalue weighted by molar-refractivity contribution is 0.0744. The van der Waals surface area contributed by atoms with E-state index in [1.54, 1.807) is 13.2 Å². The number of halogens is 1. The summed E-state index contributed by atoms with van der Waals surface area (Å²) >= 11 is 0. The fourth-order valence-electron chi connectivity index (χ4n) is 4.36. The van der Waals surface area contributed by atoms with E-state index in [1.165, 1.54) is 31.6 Å². The molecule has 1 N–H and O–H groups in total. The minimum absolute atomic E-state index is 0.140.